The van der Waals surface area contributed by atoms with E-state index in [9.17, 15) is 5.11 Å². The van der Waals surface area contributed by atoms with Gasteiger partial charge in [-0.25, -0.2) is 0 Å². The van der Waals surface area contributed by atoms with Crippen molar-refractivity contribution in [1.29, 1.82) is 0 Å². The summed E-state index contributed by atoms with van der Waals surface area (Å²) in [6.45, 7) is -0.895. The molecule has 0 fully saturated rings. The monoisotopic (exact) mass is 339 g/mol. The minimum absolute atomic E-state index is 0.127. The Morgan fingerprint density at radius 1 is 1.43 bits per heavy atom. The number of hydrogen-bond acceptors (Lipinski definition) is 4. The van der Waals surface area contributed by atoms with Crippen molar-refractivity contribution in [2.24, 2.45) is 0 Å². The number of benzene rings is 1. The highest BCUT2D eigenvalue weighted by Crippen LogP contribution is 2.25. The highest BCUT2D eigenvalue weighted by atomic mass is 35.5. The molecule has 0 spiro atoms. The second-order valence-corrected chi connectivity index (χ2v) is 5.95. The van der Waals surface area contributed by atoms with Crippen LogP contribution in [0.2, 0.25) is 5.02 Å². The van der Waals surface area contributed by atoms with Crippen LogP contribution in [0.25, 0.3) is 10.9 Å². The molecule has 0 aliphatic heterocycles. The van der Waals surface area contributed by atoms with E-state index >= 15 is 0 Å². The lowest BCUT2D eigenvalue weighted by Gasteiger charge is -2.21. The third kappa shape index (κ3) is 5.34. The van der Waals surface area contributed by atoms with Gasteiger partial charge < -0.3 is 15.3 Å². The van der Waals surface area contributed by atoms with Crippen molar-refractivity contribution < 1.29 is 10.6 Å². The summed E-state index contributed by atoms with van der Waals surface area (Å²) in [4.78, 5) is 5.65. The maximum atomic E-state index is 9.46. The van der Waals surface area contributed by atoms with Crippen molar-refractivity contribution in [3.05, 3.63) is 35.5 Å². The van der Waals surface area contributed by atoms with E-state index in [4.69, 9.17) is 17.1 Å². The van der Waals surface area contributed by atoms with E-state index in [0.29, 0.717) is 24.5 Å². The molecule has 0 aliphatic rings. The second kappa shape index (κ2) is 9.06. The predicted octanol–water partition coefficient (Wildman–Crippen LogP) is 3.78. The van der Waals surface area contributed by atoms with Gasteiger partial charge in [-0.15, -0.1) is 0 Å². The van der Waals surface area contributed by atoms with E-state index in [-0.39, 0.29) is 6.04 Å². The molecule has 1 heterocycles. The summed E-state index contributed by atoms with van der Waals surface area (Å²) in [5, 5.41) is 14.5. The molecular formula is C18H26ClN3O. The van der Waals surface area contributed by atoms with Crippen molar-refractivity contribution >= 4 is 28.2 Å². The zero-order valence-corrected chi connectivity index (χ0v) is 14.3. The molecule has 0 saturated heterocycles. The highest BCUT2D eigenvalue weighted by molar-refractivity contribution is 6.31. The van der Waals surface area contributed by atoms with Gasteiger partial charge in [0.2, 0.25) is 0 Å². The molecule has 0 aliphatic carbocycles. The Balaban J connectivity index is 1.96. The molecule has 4 nitrogen and oxygen atoms in total. The molecule has 1 aromatic heterocycles. The van der Waals surface area contributed by atoms with Crippen molar-refractivity contribution in [1.82, 2.24) is 9.88 Å². The third-order valence-electron chi connectivity index (χ3n) is 3.76. The lowest BCUT2D eigenvalue weighted by Crippen LogP contribution is -2.28. The summed E-state index contributed by atoms with van der Waals surface area (Å²) in [5.74, 6) is 0. The molecule has 0 amide bonds. The summed E-state index contributed by atoms with van der Waals surface area (Å²) in [5.41, 5.74) is 1.77. The first-order valence-electron chi connectivity index (χ1n) is 9.84. The van der Waals surface area contributed by atoms with Crippen molar-refractivity contribution in [3.63, 3.8) is 0 Å². The zero-order chi connectivity index (χ0) is 20.2. The van der Waals surface area contributed by atoms with E-state index in [2.05, 4.69) is 10.3 Å². The fourth-order valence-electron chi connectivity index (χ4n) is 2.54. The van der Waals surface area contributed by atoms with Gasteiger partial charge in [0.1, 0.15) is 0 Å². The minimum Gasteiger partial charge on any atom is -0.395 e. The Hall–Kier alpha value is -1.36. The second-order valence-electron chi connectivity index (χ2n) is 5.51. The number of likely N-dealkylation sites (N-methyl/N-ethyl adjacent to an activating group) is 1. The van der Waals surface area contributed by atoms with Crippen LogP contribution in [0.1, 0.15) is 32.2 Å². The summed E-state index contributed by atoms with van der Waals surface area (Å²) in [6.07, 6.45) is 3.15. The molecule has 2 rings (SSSR count). The topological polar surface area (TPSA) is 48.4 Å². The predicted molar refractivity (Wildman–Crippen MR) is 98.3 cm³/mol. The molecule has 1 aromatic carbocycles. The first-order chi connectivity index (χ1) is 12.6. The standard InChI is InChI=1S/C18H26ClN3O/c1-3-22(11-12-23)10-4-5-14(2)21-17-8-9-20-18-13-15(19)6-7-16(17)18/h6-9,13-14,23H,3-5,10-12H2,1-2H3,(H,20,21)/t14-/m0/s1/i11D2,12D2. The summed E-state index contributed by atoms with van der Waals surface area (Å²) < 4.78 is 30.3. The van der Waals surface area contributed by atoms with Gasteiger partial charge in [-0.2, -0.15) is 0 Å². The molecule has 0 saturated carbocycles. The number of fused-ring (bicyclic) bond motifs is 1. The molecule has 0 radical (unpaired) electrons. The molecule has 23 heavy (non-hydrogen) atoms. The van der Waals surface area contributed by atoms with Crippen LogP contribution in [0, 0.1) is 0 Å². The fourth-order valence-corrected chi connectivity index (χ4v) is 2.70. The van der Waals surface area contributed by atoms with Crippen LogP contribution in [-0.2, 0) is 0 Å². The number of rotatable bonds is 9. The average molecular weight is 340 g/mol. The summed E-state index contributed by atoms with van der Waals surface area (Å²) in [7, 11) is 0. The lowest BCUT2D eigenvalue weighted by atomic mass is 10.1. The molecule has 2 aromatic rings. The van der Waals surface area contributed by atoms with Gasteiger partial charge in [-0.3, -0.25) is 4.98 Å². The van der Waals surface area contributed by atoms with Crippen molar-refractivity contribution in [2.45, 2.75) is 32.7 Å². The van der Waals surface area contributed by atoms with Crippen LogP contribution < -0.4 is 5.32 Å². The Labute approximate surface area is 149 Å². The van der Waals surface area contributed by atoms with Crippen molar-refractivity contribution in [3.8, 4) is 0 Å². The number of halogens is 1. The maximum Gasteiger partial charge on any atom is 0.0737 e. The largest absolute Gasteiger partial charge is 0.395 e. The summed E-state index contributed by atoms with van der Waals surface area (Å²) in [6, 6.07) is 7.60. The summed E-state index contributed by atoms with van der Waals surface area (Å²) >= 11 is 6.02. The molecule has 0 unspecified atom stereocenters. The molecule has 126 valence electrons. The highest BCUT2D eigenvalue weighted by Gasteiger charge is 2.08. The number of nitrogens with zero attached hydrogens (tertiary/aromatic N) is 2. The van der Waals surface area contributed by atoms with E-state index in [1.165, 1.54) is 4.90 Å². The van der Waals surface area contributed by atoms with E-state index in [0.717, 1.165) is 23.0 Å². The van der Waals surface area contributed by atoms with Crippen LogP contribution in [0.4, 0.5) is 5.69 Å². The quantitative estimate of drug-likeness (QED) is 0.730. The van der Waals surface area contributed by atoms with Gasteiger partial charge in [0.05, 0.1) is 14.8 Å². The number of hydrogen-bond donors (Lipinski definition) is 2. The maximum absolute atomic E-state index is 9.46. The fraction of sp³-hybridized carbons (Fsp3) is 0.500. The van der Waals surface area contributed by atoms with Crippen LogP contribution in [0.15, 0.2) is 30.5 Å². The number of pyridine rings is 1. The first kappa shape index (κ1) is 13.0. The Kier molecular flexibility index (Phi) is 5.12. The van der Waals surface area contributed by atoms with Gasteiger partial charge in [0, 0.05) is 37.6 Å². The lowest BCUT2D eigenvalue weighted by molar-refractivity contribution is 0.199. The van der Waals surface area contributed by atoms with Crippen LogP contribution in [0.5, 0.6) is 0 Å². The first-order valence-corrected chi connectivity index (χ1v) is 8.22. The number of anilines is 1. The van der Waals surface area contributed by atoms with E-state index in [1.54, 1.807) is 13.1 Å². The van der Waals surface area contributed by atoms with Gasteiger partial charge in [-0.05, 0) is 57.1 Å². The zero-order valence-electron chi connectivity index (χ0n) is 17.5. The Bertz CT molecular complexity index is 770. The van der Waals surface area contributed by atoms with E-state index in [1.807, 2.05) is 31.2 Å². The molecular weight excluding hydrogens is 310 g/mol. The Morgan fingerprint density at radius 3 is 3.00 bits per heavy atom. The van der Waals surface area contributed by atoms with Gasteiger partial charge >= 0.3 is 0 Å². The smallest absolute Gasteiger partial charge is 0.0737 e. The van der Waals surface area contributed by atoms with Crippen LogP contribution >= 0.6 is 11.6 Å². The van der Waals surface area contributed by atoms with Crippen molar-refractivity contribution in [2.75, 3.05) is 31.5 Å². The third-order valence-corrected chi connectivity index (χ3v) is 4.00. The van der Waals surface area contributed by atoms with Crippen LogP contribution in [0.3, 0.4) is 0 Å². The van der Waals surface area contributed by atoms with Crippen LogP contribution in [-0.4, -0.2) is 47.2 Å². The molecule has 5 heteroatoms. The normalized spacial score (nSPS) is 16.6. The number of aliphatic hydroxyl groups is 1. The molecule has 1 atom stereocenters. The average Bonchev–Trinajstić information content (AvgIpc) is 2.57. The Morgan fingerprint density at radius 2 is 2.26 bits per heavy atom. The minimum atomic E-state index is -2.91. The van der Waals surface area contributed by atoms with E-state index < -0.39 is 13.1 Å². The van der Waals surface area contributed by atoms with Gasteiger partial charge in [-0.1, -0.05) is 18.5 Å². The van der Waals surface area contributed by atoms with Gasteiger partial charge in [0.25, 0.3) is 0 Å². The van der Waals surface area contributed by atoms with Gasteiger partial charge in [0.15, 0.2) is 0 Å². The SMILES string of the molecule is [2H]C([2H])(O)C([2H])([2H])N(CC)CCC[C@H](C)Nc1ccnc2cc(Cl)ccc12. The number of aromatic nitrogens is 1. The number of nitrogens with one attached hydrogen (secondary N) is 1. The molecule has 2 N–H and O–H groups in total. The molecule has 0 bridgehead atoms.